The van der Waals surface area contributed by atoms with Crippen molar-refractivity contribution in [3.05, 3.63) is 23.8 Å². The highest BCUT2D eigenvalue weighted by molar-refractivity contribution is 5.76. The Hall–Kier alpha value is -1.79. The zero-order chi connectivity index (χ0) is 23.2. The summed E-state index contributed by atoms with van der Waals surface area (Å²) in [6, 6.07) is 5.31. The lowest BCUT2D eigenvalue weighted by Gasteiger charge is -2.66. The van der Waals surface area contributed by atoms with Crippen LogP contribution in [0.15, 0.2) is 18.2 Å². The average molecular weight is 469 g/mol. The molecule has 3 atom stereocenters. The summed E-state index contributed by atoms with van der Waals surface area (Å²) in [5, 5.41) is 14.6. The number of carbonyl (C=O) groups is 1. The molecule has 3 bridgehead atoms. The second-order valence-electron chi connectivity index (χ2n) is 12.0. The molecule has 2 N–H and O–H groups in total. The Balaban J connectivity index is 1.11. The van der Waals surface area contributed by atoms with Crippen molar-refractivity contribution in [1.82, 2.24) is 10.2 Å². The molecule has 4 saturated carbocycles. The maximum absolute atomic E-state index is 13.2. The molecule has 1 spiro atoms. The minimum Gasteiger partial charge on any atom is -0.486 e. The van der Waals surface area contributed by atoms with Gasteiger partial charge in [-0.25, -0.2) is 0 Å². The molecule has 0 radical (unpaired) electrons. The summed E-state index contributed by atoms with van der Waals surface area (Å²) in [5.41, 5.74) is 1.82. The molecule has 1 amide bonds. The Morgan fingerprint density at radius 3 is 2.71 bits per heavy atom. The van der Waals surface area contributed by atoms with Gasteiger partial charge in [0.05, 0.1) is 6.04 Å². The number of rotatable bonds is 8. The van der Waals surface area contributed by atoms with Crippen LogP contribution in [-0.2, 0) is 4.79 Å². The number of carbonyl (C=O) groups excluding carboxylic acids is 1. The van der Waals surface area contributed by atoms with Crippen LogP contribution in [0.5, 0.6) is 11.5 Å². The van der Waals surface area contributed by atoms with Crippen molar-refractivity contribution in [3.8, 4) is 11.5 Å². The zero-order valence-electron chi connectivity index (χ0n) is 20.4. The number of hydrogen-bond acceptors (Lipinski definition) is 5. The van der Waals surface area contributed by atoms with E-state index in [1.807, 2.05) is 18.2 Å². The quantitative estimate of drug-likeness (QED) is 0.598. The number of ether oxygens (including phenoxy) is 2. The number of likely N-dealkylation sites (tertiary alicyclic amines) is 1. The smallest absolute Gasteiger partial charge is 0.220 e. The number of hydrogen-bond donors (Lipinski definition) is 2. The highest BCUT2D eigenvalue weighted by atomic mass is 16.6. The lowest BCUT2D eigenvalue weighted by atomic mass is 9.39. The summed E-state index contributed by atoms with van der Waals surface area (Å²) in [5.74, 6) is 2.39. The van der Waals surface area contributed by atoms with Crippen molar-refractivity contribution in [3.63, 3.8) is 0 Å². The van der Waals surface area contributed by atoms with Crippen molar-refractivity contribution < 1.29 is 19.4 Å². The maximum Gasteiger partial charge on any atom is 0.220 e. The van der Waals surface area contributed by atoms with Crippen molar-refractivity contribution >= 4 is 5.91 Å². The van der Waals surface area contributed by atoms with Gasteiger partial charge in [0.25, 0.3) is 0 Å². The van der Waals surface area contributed by atoms with Gasteiger partial charge in [-0.05, 0) is 98.9 Å². The topological polar surface area (TPSA) is 71.0 Å². The Bertz CT molecular complexity index is 900. The van der Waals surface area contributed by atoms with Gasteiger partial charge in [-0.1, -0.05) is 18.9 Å². The third-order valence-corrected chi connectivity index (χ3v) is 9.43. The van der Waals surface area contributed by atoms with Crippen LogP contribution in [0.1, 0.15) is 82.3 Å². The van der Waals surface area contributed by atoms with E-state index in [9.17, 15) is 9.90 Å². The van der Waals surface area contributed by atoms with Gasteiger partial charge in [-0.15, -0.1) is 0 Å². The van der Waals surface area contributed by atoms with Gasteiger partial charge in [0.2, 0.25) is 5.91 Å². The van der Waals surface area contributed by atoms with Gasteiger partial charge in [0, 0.05) is 13.0 Å². The van der Waals surface area contributed by atoms with Crippen molar-refractivity contribution in [2.75, 3.05) is 32.8 Å². The van der Waals surface area contributed by atoms with Crippen molar-refractivity contribution in [2.24, 2.45) is 16.7 Å². The fourth-order valence-electron chi connectivity index (χ4n) is 8.25. The molecule has 6 aliphatic rings. The Kier molecular flexibility index (Phi) is 6.01. The van der Waals surface area contributed by atoms with Crippen LogP contribution in [0, 0.1) is 16.7 Å². The number of aliphatic hydroxyl groups is 1. The molecule has 2 aliphatic heterocycles. The van der Waals surface area contributed by atoms with E-state index in [1.165, 1.54) is 57.8 Å². The lowest BCUT2D eigenvalue weighted by Crippen LogP contribution is -2.55. The summed E-state index contributed by atoms with van der Waals surface area (Å²) in [7, 11) is 0. The summed E-state index contributed by atoms with van der Waals surface area (Å²) < 4.78 is 11.4. The summed E-state index contributed by atoms with van der Waals surface area (Å²) in [6.45, 7) is 3.81. The third kappa shape index (κ3) is 4.44. The molecule has 34 heavy (non-hydrogen) atoms. The zero-order valence-corrected chi connectivity index (χ0v) is 20.4. The van der Waals surface area contributed by atoms with E-state index < -0.39 is 6.10 Å². The molecular weight excluding hydrogens is 428 g/mol. The minimum absolute atomic E-state index is 0.0897. The SMILES string of the molecule is O=C(CCC12CC3CCCC(C3)(C1)C2)N[C@H](CN1CCCC1)C(O)c1ccc2c(c1)OCCO2. The first kappa shape index (κ1) is 22.7. The molecule has 1 saturated heterocycles. The first-order valence-corrected chi connectivity index (χ1v) is 13.6. The van der Waals surface area contributed by atoms with E-state index >= 15 is 0 Å². The molecule has 2 heterocycles. The second-order valence-corrected chi connectivity index (χ2v) is 12.0. The van der Waals surface area contributed by atoms with Crippen LogP contribution < -0.4 is 14.8 Å². The number of aliphatic hydroxyl groups excluding tert-OH is 1. The minimum atomic E-state index is -0.778. The molecule has 0 aromatic heterocycles. The molecule has 4 aliphatic carbocycles. The molecule has 5 fully saturated rings. The van der Waals surface area contributed by atoms with Crippen LogP contribution >= 0.6 is 0 Å². The Morgan fingerprint density at radius 1 is 1.12 bits per heavy atom. The monoisotopic (exact) mass is 468 g/mol. The summed E-state index contributed by atoms with van der Waals surface area (Å²) in [4.78, 5) is 15.5. The van der Waals surface area contributed by atoms with E-state index in [4.69, 9.17) is 9.47 Å². The first-order valence-electron chi connectivity index (χ1n) is 13.6. The average Bonchev–Trinajstić information content (AvgIpc) is 3.34. The van der Waals surface area contributed by atoms with Gasteiger partial charge < -0.3 is 24.8 Å². The standard InChI is InChI=1S/C28H40N2O4/c31-25(7-9-28-16-20-4-3-8-27(15-20,18-28)19-28)29-22(17-30-10-1-2-11-30)26(32)21-5-6-23-24(14-21)34-13-12-33-23/h5-6,14,20,22,26,32H,1-4,7-13,15-19H2,(H,29,31)/t20?,22-,26?,27?,28?/m1/s1. The van der Waals surface area contributed by atoms with Gasteiger partial charge >= 0.3 is 0 Å². The first-order chi connectivity index (χ1) is 16.5. The molecule has 1 aromatic rings. The second kappa shape index (κ2) is 9.02. The molecule has 6 nitrogen and oxygen atoms in total. The van der Waals surface area contributed by atoms with Crippen LogP contribution in [0.4, 0.5) is 0 Å². The Morgan fingerprint density at radius 2 is 1.91 bits per heavy atom. The molecule has 6 heteroatoms. The van der Waals surface area contributed by atoms with Crippen LogP contribution in [0.3, 0.4) is 0 Å². The van der Waals surface area contributed by atoms with Crippen molar-refractivity contribution in [1.29, 1.82) is 0 Å². The summed E-state index contributed by atoms with van der Waals surface area (Å²) >= 11 is 0. The molecule has 1 aromatic carbocycles. The predicted octanol–water partition coefficient (Wildman–Crippen LogP) is 4.21. The molecule has 7 rings (SSSR count). The highest BCUT2D eigenvalue weighted by Crippen LogP contribution is 2.71. The van der Waals surface area contributed by atoms with Gasteiger partial charge in [0.15, 0.2) is 11.5 Å². The van der Waals surface area contributed by atoms with E-state index in [0.29, 0.717) is 42.8 Å². The van der Waals surface area contributed by atoms with E-state index in [-0.39, 0.29) is 11.9 Å². The third-order valence-electron chi connectivity index (χ3n) is 9.43. The number of amides is 1. The molecule has 186 valence electrons. The van der Waals surface area contributed by atoms with E-state index in [2.05, 4.69) is 10.2 Å². The van der Waals surface area contributed by atoms with Gasteiger partial charge in [-0.3, -0.25) is 4.79 Å². The number of nitrogens with one attached hydrogen (secondary N) is 1. The van der Waals surface area contributed by atoms with Crippen LogP contribution in [0.25, 0.3) is 0 Å². The molecular formula is C28H40N2O4. The maximum atomic E-state index is 13.2. The van der Waals surface area contributed by atoms with Crippen LogP contribution in [-0.4, -0.2) is 54.8 Å². The highest BCUT2D eigenvalue weighted by Gasteiger charge is 2.59. The number of benzene rings is 1. The van der Waals surface area contributed by atoms with Crippen molar-refractivity contribution in [2.45, 2.75) is 82.8 Å². The fraction of sp³-hybridized carbons (Fsp3) is 0.750. The lowest BCUT2D eigenvalue weighted by molar-refractivity contribution is -0.153. The van der Waals surface area contributed by atoms with Gasteiger partial charge in [-0.2, -0.15) is 0 Å². The van der Waals surface area contributed by atoms with Crippen LogP contribution in [0.2, 0.25) is 0 Å². The predicted molar refractivity (Wildman–Crippen MR) is 130 cm³/mol. The number of nitrogens with zero attached hydrogens (tertiary/aromatic N) is 1. The Labute approximate surface area is 203 Å². The van der Waals surface area contributed by atoms with Gasteiger partial charge in [0.1, 0.15) is 19.3 Å². The van der Waals surface area contributed by atoms with E-state index in [1.54, 1.807) is 0 Å². The summed E-state index contributed by atoms with van der Waals surface area (Å²) in [6.07, 6.45) is 12.9. The normalized spacial score (nSPS) is 33.6. The van der Waals surface area contributed by atoms with E-state index in [0.717, 1.165) is 36.7 Å². The fourth-order valence-corrected chi connectivity index (χ4v) is 8.25. The molecule has 2 unspecified atom stereocenters. The largest absolute Gasteiger partial charge is 0.486 e. The number of fused-ring (bicyclic) bond motifs is 1.